The molecule has 1 saturated heterocycles. The molecule has 0 aromatic heterocycles. The Labute approximate surface area is 126 Å². The van der Waals surface area contributed by atoms with Crippen LogP contribution >= 0.6 is 0 Å². The molecule has 1 aliphatic heterocycles. The number of ether oxygens (including phenoxy) is 1. The van der Waals surface area contributed by atoms with Crippen LogP contribution in [0.25, 0.3) is 0 Å². The number of hydrogen-bond acceptors (Lipinski definition) is 3. The molecule has 0 bridgehead atoms. The minimum Gasteiger partial charge on any atom is -0.494 e. The summed E-state index contributed by atoms with van der Waals surface area (Å²) in [5, 5.41) is 0. The van der Waals surface area contributed by atoms with E-state index in [9.17, 15) is 9.59 Å². The normalized spacial score (nSPS) is 18.7. The lowest BCUT2D eigenvalue weighted by molar-refractivity contribution is -0.124. The number of carbonyl (C=O) groups excluding carboxylic acids is 2. The number of amides is 1. The molecule has 1 amide bonds. The second-order valence-electron chi connectivity index (χ2n) is 5.59. The minimum absolute atomic E-state index is 0.00513. The van der Waals surface area contributed by atoms with Gasteiger partial charge in [-0.1, -0.05) is 20.3 Å². The second kappa shape index (κ2) is 7.25. The first-order valence-electron chi connectivity index (χ1n) is 7.66. The predicted molar refractivity (Wildman–Crippen MR) is 81.5 cm³/mol. The highest BCUT2D eigenvalue weighted by molar-refractivity contribution is 5.95. The molecule has 1 aliphatic rings. The first-order chi connectivity index (χ1) is 10.1. The van der Waals surface area contributed by atoms with Gasteiger partial charge in [-0.3, -0.25) is 9.59 Å². The van der Waals surface area contributed by atoms with Crippen LogP contribution in [0.1, 0.15) is 43.5 Å². The molecule has 21 heavy (non-hydrogen) atoms. The van der Waals surface area contributed by atoms with Crippen LogP contribution in [0.15, 0.2) is 24.3 Å². The van der Waals surface area contributed by atoms with Gasteiger partial charge >= 0.3 is 0 Å². The van der Waals surface area contributed by atoms with Gasteiger partial charge in [0, 0.05) is 31.0 Å². The summed E-state index contributed by atoms with van der Waals surface area (Å²) in [5.74, 6) is 0.981. The number of unbranched alkanes of at least 4 members (excludes halogenated alkanes) is 1. The van der Waals surface area contributed by atoms with Gasteiger partial charge in [-0.25, -0.2) is 0 Å². The number of benzene rings is 1. The number of Topliss-reactive ketones (excluding diaryl/α,β-unsaturated/α-hetero) is 1. The molecule has 114 valence electrons. The molecule has 1 atom stereocenters. The second-order valence-corrected chi connectivity index (χ2v) is 5.59. The number of ketones is 1. The molecule has 0 N–H and O–H groups in total. The van der Waals surface area contributed by atoms with Crippen molar-refractivity contribution in [1.29, 1.82) is 0 Å². The van der Waals surface area contributed by atoms with Crippen LogP contribution in [0.3, 0.4) is 0 Å². The Morgan fingerprint density at radius 1 is 1.33 bits per heavy atom. The zero-order chi connectivity index (χ0) is 15.2. The van der Waals surface area contributed by atoms with Crippen molar-refractivity contribution < 1.29 is 14.3 Å². The molecule has 0 saturated carbocycles. The molecule has 1 fully saturated rings. The number of hydrogen-bond donors (Lipinski definition) is 0. The van der Waals surface area contributed by atoms with E-state index in [0.29, 0.717) is 31.7 Å². The summed E-state index contributed by atoms with van der Waals surface area (Å²) in [6.07, 6.45) is 2.59. The molecule has 1 unspecified atom stereocenters. The molecule has 4 heteroatoms. The van der Waals surface area contributed by atoms with Gasteiger partial charge in [-0.2, -0.15) is 0 Å². The molecule has 2 rings (SSSR count). The molecule has 1 heterocycles. The Morgan fingerprint density at radius 3 is 2.67 bits per heavy atom. The highest BCUT2D eigenvalue weighted by Crippen LogP contribution is 2.18. The van der Waals surface area contributed by atoms with Gasteiger partial charge in [-0.15, -0.1) is 0 Å². The highest BCUT2D eigenvalue weighted by Gasteiger charge is 2.27. The fourth-order valence-corrected chi connectivity index (χ4v) is 2.41. The Balaban J connectivity index is 1.95. The lowest BCUT2D eigenvalue weighted by Crippen LogP contribution is -2.43. The van der Waals surface area contributed by atoms with E-state index < -0.39 is 0 Å². The van der Waals surface area contributed by atoms with Gasteiger partial charge in [0.15, 0.2) is 0 Å². The van der Waals surface area contributed by atoms with Crippen molar-refractivity contribution in [1.82, 2.24) is 4.90 Å². The van der Waals surface area contributed by atoms with Crippen molar-refractivity contribution in [3.8, 4) is 5.75 Å². The monoisotopic (exact) mass is 289 g/mol. The van der Waals surface area contributed by atoms with Crippen LogP contribution in [0.5, 0.6) is 5.75 Å². The van der Waals surface area contributed by atoms with Gasteiger partial charge in [0.2, 0.25) is 0 Å². The summed E-state index contributed by atoms with van der Waals surface area (Å²) in [6, 6.07) is 7.26. The minimum atomic E-state index is -0.0562. The summed E-state index contributed by atoms with van der Waals surface area (Å²) < 4.78 is 5.59. The largest absolute Gasteiger partial charge is 0.494 e. The number of piperidine rings is 1. The van der Waals surface area contributed by atoms with Gasteiger partial charge in [-0.05, 0) is 30.7 Å². The molecule has 0 spiro atoms. The number of nitrogens with zero attached hydrogens (tertiary/aromatic N) is 1. The van der Waals surface area contributed by atoms with E-state index in [1.807, 2.05) is 19.1 Å². The van der Waals surface area contributed by atoms with Crippen LogP contribution in [0, 0.1) is 5.92 Å². The third-order valence-electron chi connectivity index (χ3n) is 3.83. The highest BCUT2D eigenvalue weighted by atomic mass is 16.5. The molecule has 1 aromatic rings. The van der Waals surface area contributed by atoms with E-state index in [4.69, 9.17) is 4.74 Å². The Hall–Kier alpha value is -1.84. The van der Waals surface area contributed by atoms with Crippen molar-refractivity contribution in [2.45, 2.75) is 33.1 Å². The quantitative estimate of drug-likeness (QED) is 0.783. The molecule has 1 aromatic carbocycles. The smallest absolute Gasteiger partial charge is 0.253 e. The van der Waals surface area contributed by atoms with Crippen molar-refractivity contribution in [3.63, 3.8) is 0 Å². The Bertz CT molecular complexity index is 495. The average molecular weight is 289 g/mol. The standard InChI is InChI=1S/C17H23NO3/c1-3-4-11-21-15-7-5-14(6-8-15)17(20)18-10-9-16(19)13(2)12-18/h5-8,13H,3-4,9-12H2,1-2H3. The van der Waals surface area contributed by atoms with Crippen molar-refractivity contribution >= 4 is 11.7 Å². The van der Waals surface area contributed by atoms with E-state index >= 15 is 0 Å². The number of rotatable bonds is 5. The van der Waals surface area contributed by atoms with Crippen molar-refractivity contribution in [2.75, 3.05) is 19.7 Å². The maximum absolute atomic E-state index is 12.4. The van der Waals surface area contributed by atoms with Crippen molar-refractivity contribution in [2.24, 2.45) is 5.92 Å². The molecule has 0 aliphatic carbocycles. The third kappa shape index (κ3) is 4.06. The SMILES string of the molecule is CCCCOc1ccc(C(=O)N2CCC(=O)C(C)C2)cc1. The van der Waals surface area contributed by atoms with Crippen LogP contribution in [0.2, 0.25) is 0 Å². The van der Waals surface area contributed by atoms with E-state index in [-0.39, 0.29) is 17.6 Å². The fourth-order valence-electron chi connectivity index (χ4n) is 2.41. The van der Waals surface area contributed by atoms with E-state index in [1.54, 1.807) is 17.0 Å². The van der Waals surface area contributed by atoms with Crippen LogP contribution in [-0.4, -0.2) is 36.3 Å². The average Bonchev–Trinajstić information content (AvgIpc) is 2.50. The van der Waals surface area contributed by atoms with Crippen molar-refractivity contribution in [3.05, 3.63) is 29.8 Å². The first-order valence-corrected chi connectivity index (χ1v) is 7.66. The van der Waals surface area contributed by atoms with E-state index in [1.165, 1.54) is 0 Å². The number of carbonyl (C=O) groups is 2. The maximum atomic E-state index is 12.4. The van der Waals surface area contributed by atoms with Gasteiger partial charge in [0.1, 0.15) is 11.5 Å². The lowest BCUT2D eigenvalue weighted by atomic mass is 9.98. The summed E-state index contributed by atoms with van der Waals surface area (Å²) in [4.78, 5) is 25.7. The summed E-state index contributed by atoms with van der Waals surface area (Å²) in [7, 11) is 0. The molecular formula is C17H23NO3. The summed E-state index contributed by atoms with van der Waals surface area (Å²) >= 11 is 0. The van der Waals surface area contributed by atoms with Crippen LogP contribution < -0.4 is 4.74 Å². The maximum Gasteiger partial charge on any atom is 0.253 e. The molecule has 4 nitrogen and oxygen atoms in total. The molecule has 0 radical (unpaired) electrons. The first kappa shape index (κ1) is 15.5. The van der Waals surface area contributed by atoms with Gasteiger partial charge in [0.05, 0.1) is 6.61 Å². The summed E-state index contributed by atoms with van der Waals surface area (Å²) in [5.41, 5.74) is 0.652. The Morgan fingerprint density at radius 2 is 2.05 bits per heavy atom. The zero-order valence-electron chi connectivity index (χ0n) is 12.8. The van der Waals surface area contributed by atoms with Gasteiger partial charge in [0.25, 0.3) is 5.91 Å². The topological polar surface area (TPSA) is 46.6 Å². The van der Waals surface area contributed by atoms with Crippen LogP contribution in [-0.2, 0) is 4.79 Å². The predicted octanol–water partition coefficient (Wildman–Crippen LogP) is 2.92. The van der Waals surface area contributed by atoms with E-state index in [0.717, 1.165) is 18.6 Å². The summed E-state index contributed by atoms with van der Waals surface area (Å²) in [6.45, 7) is 5.75. The van der Waals surface area contributed by atoms with Crippen LogP contribution in [0.4, 0.5) is 0 Å². The third-order valence-corrected chi connectivity index (χ3v) is 3.83. The fraction of sp³-hybridized carbons (Fsp3) is 0.529. The molecular weight excluding hydrogens is 266 g/mol. The number of likely N-dealkylation sites (tertiary alicyclic amines) is 1. The lowest BCUT2D eigenvalue weighted by Gasteiger charge is -2.30. The van der Waals surface area contributed by atoms with Gasteiger partial charge < -0.3 is 9.64 Å². The van der Waals surface area contributed by atoms with E-state index in [2.05, 4.69) is 6.92 Å². The zero-order valence-corrected chi connectivity index (χ0v) is 12.8. The Kier molecular flexibility index (Phi) is 5.37.